The molecule has 1 heterocycles. The number of benzene rings is 1. The van der Waals surface area contributed by atoms with Crippen LogP contribution in [0.25, 0.3) is 5.57 Å². The highest BCUT2D eigenvalue weighted by molar-refractivity contribution is 6.30. The molecule has 1 aromatic rings. The molecule has 3 heteroatoms. The minimum Gasteiger partial charge on any atom is -0.385 e. The van der Waals surface area contributed by atoms with Gasteiger partial charge < -0.3 is 9.84 Å². The molecule has 23 heavy (non-hydrogen) atoms. The van der Waals surface area contributed by atoms with Gasteiger partial charge in [-0.15, -0.1) is 0 Å². The largest absolute Gasteiger partial charge is 0.385 e. The standard InChI is InChI=1S/C20H29ClO2/c1-4-6-7-10-20(22,5-2)18-14-17(21)13-15(3)19(18)16-8-11-23-12-9-16/h8,13-14,22H,4-7,9-12H2,1-3H3. The van der Waals surface area contributed by atoms with Crippen molar-refractivity contribution in [1.82, 2.24) is 0 Å². The van der Waals surface area contributed by atoms with E-state index in [1.807, 2.05) is 12.1 Å². The lowest BCUT2D eigenvalue weighted by atomic mass is 9.79. The van der Waals surface area contributed by atoms with E-state index in [4.69, 9.17) is 16.3 Å². The van der Waals surface area contributed by atoms with Gasteiger partial charge in [-0.05, 0) is 60.6 Å². The monoisotopic (exact) mass is 336 g/mol. The average Bonchev–Trinajstić information content (AvgIpc) is 2.55. The van der Waals surface area contributed by atoms with Gasteiger partial charge in [-0.1, -0.05) is 50.8 Å². The number of hydrogen-bond acceptors (Lipinski definition) is 2. The quantitative estimate of drug-likeness (QED) is 0.654. The first-order valence-electron chi connectivity index (χ1n) is 8.82. The Kier molecular flexibility index (Phi) is 6.70. The van der Waals surface area contributed by atoms with Gasteiger partial charge in [-0.25, -0.2) is 0 Å². The van der Waals surface area contributed by atoms with Crippen LogP contribution in [0.15, 0.2) is 18.2 Å². The topological polar surface area (TPSA) is 29.5 Å². The third-order valence-corrected chi connectivity index (χ3v) is 5.08. The van der Waals surface area contributed by atoms with E-state index in [0.29, 0.717) is 18.1 Å². The van der Waals surface area contributed by atoms with Crippen molar-refractivity contribution in [3.8, 4) is 0 Å². The van der Waals surface area contributed by atoms with E-state index in [0.717, 1.165) is 49.8 Å². The van der Waals surface area contributed by atoms with Crippen molar-refractivity contribution >= 4 is 17.2 Å². The van der Waals surface area contributed by atoms with Crippen LogP contribution in [0.1, 0.15) is 69.1 Å². The van der Waals surface area contributed by atoms with Gasteiger partial charge in [0.25, 0.3) is 0 Å². The normalized spacial score (nSPS) is 17.7. The molecule has 0 aliphatic carbocycles. The molecular weight excluding hydrogens is 308 g/mol. The van der Waals surface area contributed by atoms with E-state index in [9.17, 15) is 5.11 Å². The molecule has 0 fully saturated rings. The fourth-order valence-electron chi connectivity index (χ4n) is 3.46. The maximum Gasteiger partial charge on any atom is 0.0900 e. The molecule has 0 saturated heterocycles. The Morgan fingerprint density at radius 3 is 2.65 bits per heavy atom. The molecule has 0 radical (unpaired) electrons. The summed E-state index contributed by atoms with van der Waals surface area (Å²) in [6, 6.07) is 3.97. The lowest BCUT2D eigenvalue weighted by Crippen LogP contribution is -2.27. The Morgan fingerprint density at radius 1 is 1.26 bits per heavy atom. The third kappa shape index (κ3) is 4.37. The molecule has 0 amide bonds. The number of hydrogen-bond donors (Lipinski definition) is 1. The summed E-state index contributed by atoms with van der Waals surface area (Å²) in [6.45, 7) is 7.73. The third-order valence-electron chi connectivity index (χ3n) is 4.86. The molecule has 1 aromatic carbocycles. The summed E-state index contributed by atoms with van der Waals surface area (Å²) in [7, 11) is 0. The Hall–Kier alpha value is -0.830. The second kappa shape index (κ2) is 8.32. The smallest absolute Gasteiger partial charge is 0.0900 e. The van der Waals surface area contributed by atoms with E-state index in [1.165, 1.54) is 11.1 Å². The van der Waals surface area contributed by atoms with Crippen LogP contribution in [0.4, 0.5) is 0 Å². The summed E-state index contributed by atoms with van der Waals surface area (Å²) in [5.74, 6) is 0. The van der Waals surface area contributed by atoms with Crippen molar-refractivity contribution in [2.75, 3.05) is 13.2 Å². The number of halogens is 1. The van der Waals surface area contributed by atoms with Crippen LogP contribution in [0.5, 0.6) is 0 Å². The molecule has 0 bridgehead atoms. The highest BCUT2D eigenvalue weighted by Gasteiger charge is 2.31. The molecule has 1 aliphatic rings. The molecule has 128 valence electrons. The fourth-order valence-corrected chi connectivity index (χ4v) is 3.73. The summed E-state index contributed by atoms with van der Waals surface area (Å²) in [6.07, 6.45) is 7.86. The van der Waals surface area contributed by atoms with Crippen LogP contribution < -0.4 is 0 Å². The van der Waals surface area contributed by atoms with Gasteiger partial charge in [-0.3, -0.25) is 0 Å². The molecular formula is C20H29ClO2. The molecule has 0 saturated carbocycles. The first-order chi connectivity index (χ1) is 11.0. The fraction of sp³-hybridized carbons (Fsp3) is 0.600. The Morgan fingerprint density at radius 2 is 2.04 bits per heavy atom. The Balaban J connectivity index is 2.48. The van der Waals surface area contributed by atoms with Crippen molar-refractivity contribution in [2.45, 2.75) is 64.9 Å². The lowest BCUT2D eigenvalue weighted by molar-refractivity contribution is 0.0204. The van der Waals surface area contributed by atoms with Gasteiger partial charge in [0.05, 0.1) is 18.8 Å². The summed E-state index contributed by atoms with van der Waals surface area (Å²) < 4.78 is 5.45. The van der Waals surface area contributed by atoms with Crippen molar-refractivity contribution in [3.05, 3.63) is 39.9 Å². The number of rotatable bonds is 7. The lowest BCUT2D eigenvalue weighted by Gasteiger charge is -2.32. The van der Waals surface area contributed by atoms with Crippen LogP contribution in [-0.4, -0.2) is 18.3 Å². The second-order valence-electron chi connectivity index (χ2n) is 6.54. The maximum absolute atomic E-state index is 11.4. The molecule has 0 aromatic heterocycles. The van der Waals surface area contributed by atoms with Crippen LogP contribution in [0.3, 0.4) is 0 Å². The first-order valence-corrected chi connectivity index (χ1v) is 9.19. The number of unbranched alkanes of at least 4 members (excludes halogenated alkanes) is 2. The Labute approximate surface area is 145 Å². The number of aryl methyl sites for hydroxylation is 1. The van der Waals surface area contributed by atoms with Crippen LogP contribution in [0.2, 0.25) is 5.02 Å². The molecule has 0 spiro atoms. The van der Waals surface area contributed by atoms with Crippen LogP contribution in [0, 0.1) is 6.92 Å². The number of ether oxygens (including phenoxy) is 1. The van der Waals surface area contributed by atoms with Crippen molar-refractivity contribution in [3.63, 3.8) is 0 Å². The van der Waals surface area contributed by atoms with E-state index in [2.05, 4.69) is 26.8 Å². The molecule has 1 aliphatic heterocycles. The van der Waals surface area contributed by atoms with Gasteiger partial charge in [0.15, 0.2) is 0 Å². The highest BCUT2D eigenvalue weighted by Crippen LogP contribution is 2.40. The van der Waals surface area contributed by atoms with Gasteiger partial charge in [0.1, 0.15) is 0 Å². The van der Waals surface area contributed by atoms with Gasteiger partial charge in [0, 0.05) is 5.02 Å². The van der Waals surface area contributed by atoms with Gasteiger partial charge in [-0.2, -0.15) is 0 Å². The van der Waals surface area contributed by atoms with E-state index < -0.39 is 5.60 Å². The summed E-state index contributed by atoms with van der Waals surface area (Å²) in [4.78, 5) is 0. The molecule has 2 rings (SSSR count). The van der Waals surface area contributed by atoms with E-state index in [-0.39, 0.29) is 0 Å². The van der Waals surface area contributed by atoms with E-state index in [1.54, 1.807) is 0 Å². The SMILES string of the molecule is CCCCCC(O)(CC)c1cc(Cl)cc(C)c1C1=CCOCC1. The Bertz CT molecular complexity index is 565. The zero-order valence-corrected chi connectivity index (χ0v) is 15.4. The van der Waals surface area contributed by atoms with Crippen molar-refractivity contribution < 1.29 is 9.84 Å². The van der Waals surface area contributed by atoms with Gasteiger partial charge >= 0.3 is 0 Å². The van der Waals surface area contributed by atoms with Crippen molar-refractivity contribution in [1.29, 1.82) is 0 Å². The van der Waals surface area contributed by atoms with Crippen LogP contribution in [-0.2, 0) is 10.3 Å². The average molecular weight is 337 g/mol. The zero-order valence-electron chi connectivity index (χ0n) is 14.6. The second-order valence-corrected chi connectivity index (χ2v) is 6.98. The summed E-state index contributed by atoms with van der Waals surface area (Å²) in [5, 5.41) is 12.1. The maximum atomic E-state index is 11.4. The zero-order chi connectivity index (χ0) is 16.9. The molecule has 2 nitrogen and oxygen atoms in total. The van der Waals surface area contributed by atoms with Gasteiger partial charge in [0.2, 0.25) is 0 Å². The molecule has 1 atom stereocenters. The molecule has 1 unspecified atom stereocenters. The first kappa shape index (κ1) is 18.5. The number of aliphatic hydroxyl groups is 1. The summed E-state index contributed by atoms with van der Waals surface area (Å²) in [5.41, 5.74) is 3.79. The van der Waals surface area contributed by atoms with Crippen LogP contribution >= 0.6 is 11.6 Å². The minimum atomic E-state index is -0.806. The predicted octanol–water partition coefficient (Wildman–Crippen LogP) is 5.63. The summed E-state index contributed by atoms with van der Waals surface area (Å²) >= 11 is 6.33. The predicted molar refractivity (Wildman–Crippen MR) is 97.9 cm³/mol. The van der Waals surface area contributed by atoms with E-state index >= 15 is 0 Å². The van der Waals surface area contributed by atoms with Crippen molar-refractivity contribution in [2.24, 2.45) is 0 Å². The molecule has 1 N–H and O–H groups in total. The highest BCUT2D eigenvalue weighted by atomic mass is 35.5. The minimum absolute atomic E-state index is 0.650.